The summed E-state index contributed by atoms with van der Waals surface area (Å²) < 4.78 is 5.23. The number of nitrogens with zero attached hydrogens (tertiary/aromatic N) is 2. The summed E-state index contributed by atoms with van der Waals surface area (Å²) in [5.41, 5.74) is 1.11. The Morgan fingerprint density at radius 1 is 1.48 bits per heavy atom. The van der Waals surface area contributed by atoms with Crippen molar-refractivity contribution in [2.24, 2.45) is 5.92 Å². The van der Waals surface area contributed by atoms with E-state index in [9.17, 15) is 9.59 Å². The van der Waals surface area contributed by atoms with Gasteiger partial charge in [-0.25, -0.2) is 0 Å². The Kier molecular flexibility index (Phi) is 5.27. The van der Waals surface area contributed by atoms with Crippen molar-refractivity contribution < 1.29 is 19.4 Å². The summed E-state index contributed by atoms with van der Waals surface area (Å²) in [5.74, 6) is -1.22. The minimum absolute atomic E-state index is 0.0740. The number of carbonyl (C=O) groups excluding carboxylic acids is 1. The van der Waals surface area contributed by atoms with E-state index in [0.29, 0.717) is 6.61 Å². The van der Waals surface area contributed by atoms with Crippen molar-refractivity contribution in [1.29, 1.82) is 0 Å². The molecular weight excluding hydrogens is 272 g/mol. The second-order valence-electron chi connectivity index (χ2n) is 5.34. The topological polar surface area (TPSA) is 79.7 Å². The second-order valence-corrected chi connectivity index (χ2v) is 5.34. The molecule has 6 heteroatoms. The number of aliphatic carboxylic acids is 1. The van der Waals surface area contributed by atoms with Crippen LogP contribution >= 0.6 is 0 Å². The van der Waals surface area contributed by atoms with E-state index in [2.05, 4.69) is 9.88 Å². The van der Waals surface area contributed by atoms with Gasteiger partial charge in [-0.1, -0.05) is 6.07 Å². The predicted octanol–water partition coefficient (Wildman–Crippen LogP) is 1.48. The van der Waals surface area contributed by atoms with Gasteiger partial charge in [0.15, 0.2) is 0 Å². The fourth-order valence-corrected chi connectivity index (χ4v) is 2.76. The highest BCUT2D eigenvalue weighted by Crippen LogP contribution is 2.35. The van der Waals surface area contributed by atoms with Crippen LogP contribution in [0.15, 0.2) is 24.5 Å². The Balaban J connectivity index is 1.90. The third kappa shape index (κ3) is 4.26. The lowest BCUT2D eigenvalue weighted by Crippen LogP contribution is -2.24. The van der Waals surface area contributed by atoms with Crippen molar-refractivity contribution >= 4 is 11.9 Å². The molecule has 0 aromatic carbocycles. The maximum absolute atomic E-state index is 11.5. The third-order valence-corrected chi connectivity index (χ3v) is 3.80. The van der Waals surface area contributed by atoms with Crippen LogP contribution in [-0.4, -0.2) is 47.1 Å². The molecule has 0 radical (unpaired) electrons. The highest BCUT2D eigenvalue weighted by atomic mass is 16.5. The number of rotatable bonds is 6. The summed E-state index contributed by atoms with van der Waals surface area (Å²) in [6, 6.07) is 4.11. The Morgan fingerprint density at radius 2 is 2.29 bits per heavy atom. The molecule has 1 aliphatic heterocycles. The number of esters is 1. The lowest BCUT2D eigenvalue weighted by atomic mass is 9.96. The van der Waals surface area contributed by atoms with Crippen LogP contribution in [0.4, 0.5) is 0 Å². The average molecular weight is 292 g/mol. The van der Waals surface area contributed by atoms with Gasteiger partial charge in [0.25, 0.3) is 0 Å². The standard InChI is InChI=1S/C15H20N2O4/c1-17-8-6-12(10-21-14(20)5-4-13(18)19)15(17)11-3-2-7-16-9-11/h2-3,7,9,12,15H,4-6,8,10H2,1H3,(H,18,19). The molecule has 2 heterocycles. The summed E-state index contributed by atoms with van der Waals surface area (Å²) in [5, 5.41) is 8.55. The molecular formula is C15H20N2O4. The summed E-state index contributed by atoms with van der Waals surface area (Å²) in [7, 11) is 2.05. The third-order valence-electron chi connectivity index (χ3n) is 3.80. The fourth-order valence-electron chi connectivity index (χ4n) is 2.76. The van der Waals surface area contributed by atoms with E-state index in [1.165, 1.54) is 0 Å². The zero-order valence-corrected chi connectivity index (χ0v) is 12.1. The van der Waals surface area contributed by atoms with Gasteiger partial charge in [0.2, 0.25) is 0 Å². The van der Waals surface area contributed by atoms with Gasteiger partial charge >= 0.3 is 11.9 Å². The van der Waals surface area contributed by atoms with E-state index in [1.807, 2.05) is 25.4 Å². The normalized spacial score (nSPS) is 22.1. The first-order chi connectivity index (χ1) is 10.1. The van der Waals surface area contributed by atoms with Gasteiger partial charge in [0.1, 0.15) is 0 Å². The van der Waals surface area contributed by atoms with Gasteiger partial charge in [-0.2, -0.15) is 0 Å². The molecule has 6 nitrogen and oxygen atoms in total. The Bertz CT molecular complexity index is 492. The average Bonchev–Trinajstić information content (AvgIpc) is 2.84. The quantitative estimate of drug-likeness (QED) is 0.800. The largest absolute Gasteiger partial charge is 0.481 e. The number of aromatic nitrogens is 1. The first-order valence-corrected chi connectivity index (χ1v) is 7.05. The Hall–Kier alpha value is -1.95. The van der Waals surface area contributed by atoms with Crippen LogP contribution in [0.2, 0.25) is 0 Å². The van der Waals surface area contributed by atoms with Crippen LogP contribution < -0.4 is 0 Å². The molecule has 0 amide bonds. The number of carboxylic acids is 1. The number of likely N-dealkylation sites (tertiary alicyclic amines) is 1. The predicted molar refractivity (Wildman–Crippen MR) is 75.5 cm³/mol. The van der Waals surface area contributed by atoms with Crippen molar-refractivity contribution in [1.82, 2.24) is 9.88 Å². The maximum atomic E-state index is 11.5. The fraction of sp³-hybridized carbons (Fsp3) is 0.533. The molecule has 114 valence electrons. The molecule has 1 saturated heterocycles. The van der Waals surface area contributed by atoms with Crippen molar-refractivity contribution in [2.45, 2.75) is 25.3 Å². The molecule has 1 N–H and O–H groups in total. The molecule has 0 bridgehead atoms. The number of ether oxygens (including phenoxy) is 1. The summed E-state index contributed by atoms with van der Waals surface area (Å²) >= 11 is 0. The molecule has 1 aliphatic rings. The molecule has 1 aromatic heterocycles. The van der Waals surface area contributed by atoms with E-state index in [4.69, 9.17) is 9.84 Å². The van der Waals surface area contributed by atoms with Gasteiger partial charge < -0.3 is 9.84 Å². The van der Waals surface area contributed by atoms with Gasteiger partial charge in [0, 0.05) is 24.4 Å². The number of carbonyl (C=O) groups is 2. The van der Waals surface area contributed by atoms with E-state index in [0.717, 1.165) is 18.5 Å². The minimum atomic E-state index is -0.985. The SMILES string of the molecule is CN1CCC(COC(=O)CCC(=O)O)C1c1cccnc1. The molecule has 0 aliphatic carbocycles. The molecule has 0 spiro atoms. The smallest absolute Gasteiger partial charge is 0.306 e. The molecule has 1 aromatic rings. The van der Waals surface area contributed by atoms with E-state index in [1.54, 1.807) is 6.20 Å². The highest BCUT2D eigenvalue weighted by Gasteiger charge is 2.33. The lowest BCUT2D eigenvalue weighted by molar-refractivity contribution is -0.148. The monoisotopic (exact) mass is 292 g/mol. The second kappa shape index (κ2) is 7.17. The molecule has 2 unspecified atom stereocenters. The Labute approximate surface area is 123 Å². The van der Waals surface area contributed by atoms with E-state index < -0.39 is 11.9 Å². The van der Waals surface area contributed by atoms with Crippen LogP contribution in [0.1, 0.15) is 30.9 Å². The first kappa shape index (κ1) is 15.4. The van der Waals surface area contributed by atoms with Crippen molar-refractivity contribution in [2.75, 3.05) is 20.2 Å². The molecule has 2 atom stereocenters. The number of hydrogen-bond donors (Lipinski definition) is 1. The molecule has 21 heavy (non-hydrogen) atoms. The lowest BCUT2D eigenvalue weighted by Gasteiger charge is -2.25. The van der Waals surface area contributed by atoms with E-state index in [-0.39, 0.29) is 24.8 Å². The van der Waals surface area contributed by atoms with Gasteiger partial charge in [0.05, 0.1) is 19.4 Å². The van der Waals surface area contributed by atoms with Gasteiger partial charge in [-0.3, -0.25) is 19.5 Å². The molecule has 0 saturated carbocycles. The highest BCUT2D eigenvalue weighted by molar-refractivity contribution is 5.76. The summed E-state index contributed by atoms with van der Waals surface area (Å²) in [6.45, 7) is 1.26. The zero-order chi connectivity index (χ0) is 15.2. The van der Waals surface area contributed by atoms with E-state index >= 15 is 0 Å². The summed E-state index contributed by atoms with van der Waals surface area (Å²) in [6.07, 6.45) is 4.26. The number of pyridine rings is 1. The number of carboxylic acid groups (broad SMARTS) is 1. The van der Waals surface area contributed by atoms with Crippen LogP contribution in [-0.2, 0) is 14.3 Å². The molecule has 1 fully saturated rings. The zero-order valence-electron chi connectivity index (χ0n) is 12.1. The number of hydrogen-bond acceptors (Lipinski definition) is 5. The van der Waals surface area contributed by atoms with Crippen LogP contribution in [0, 0.1) is 5.92 Å². The minimum Gasteiger partial charge on any atom is -0.481 e. The van der Waals surface area contributed by atoms with Crippen molar-refractivity contribution in [3.05, 3.63) is 30.1 Å². The van der Waals surface area contributed by atoms with Crippen molar-refractivity contribution in [3.63, 3.8) is 0 Å². The molecule has 2 rings (SSSR count). The van der Waals surface area contributed by atoms with Gasteiger partial charge in [-0.05, 0) is 31.6 Å². The van der Waals surface area contributed by atoms with Crippen LogP contribution in [0.25, 0.3) is 0 Å². The van der Waals surface area contributed by atoms with Crippen LogP contribution in [0.5, 0.6) is 0 Å². The first-order valence-electron chi connectivity index (χ1n) is 7.05. The van der Waals surface area contributed by atoms with Gasteiger partial charge in [-0.15, -0.1) is 0 Å². The van der Waals surface area contributed by atoms with Crippen molar-refractivity contribution in [3.8, 4) is 0 Å². The maximum Gasteiger partial charge on any atom is 0.306 e. The summed E-state index contributed by atoms with van der Waals surface area (Å²) in [4.78, 5) is 28.3. The Morgan fingerprint density at radius 3 is 2.95 bits per heavy atom. The van der Waals surface area contributed by atoms with Crippen LogP contribution in [0.3, 0.4) is 0 Å².